The molecule has 0 aromatic heterocycles. The van der Waals surface area contributed by atoms with Crippen molar-refractivity contribution in [1.29, 1.82) is 0 Å². The van der Waals surface area contributed by atoms with Crippen LogP contribution in [-0.4, -0.2) is 43.0 Å². The monoisotopic (exact) mass is 454 g/mol. The molecule has 3 rings (SSSR count). The molecule has 0 radical (unpaired) electrons. The lowest BCUT2D eigenvalue weighted by Crippen LogP contribution is -2.44. The van der Waals surface area contributed by atoms with Crippen LogP contribution in [-0.2, 0) is 22.4 Å². The number of nitrogens with one attached hydrogen (secondary N) is 1. The Morgan fingerprint density at radius 1 is 1.12 bits per heavy atom. The van der Waals surface area contributed by atoms with E-state index in [0.29, 0.717) is 17.9 Å². The van der Waals surface area contributed by atoms with Gasteiger partial charge in [-0.1, -0.05) is 24.3 Å². The van der Waals surface area contributed by atoms with Crippen LogP contribution < -0.4 is 19.7 Å². The molecule has 2 N–H and O–H groups in total. The maximum Gasteiger partial charge on any atom is 0.408 e. The Hall–Kier alpha value is -3.68. The first-order chi connectivity index (χ1) is 15.6. The molecule has 0 bridgehead atoms. The van der Waals surface area contributed by atoms with Gasteiger partial charge in [-0.3, -0.25) is 0 Å². The highest BCUT2D eigenvalue weighted by Gasteiger charge is 2.26. The summed E-state index contributed by atoms with van der Waals surface area (Å²) in [4.78, 5) is 25.8. The summed E-state index contributed by atoms with van der Waals surface area (Å²) in [5.41, 5.74) is 2.82. The fourth-order valence-corrected chi connectivity index (χ4v) is 3.68. The third-order valence-corrected chi connectivity index (χ3v) is 5.07. The summed E-state index contributed by atoms with van der Waals surface area (Å²) in [5, 5.41) is 12.1. The van der Waals surface area contributed by atoms with Crippen LogP contribution in [0.5, 0.6) is 11.5 Å². The van der Waals surface area contributed by atoms with E-state index in [9.17, 15) is 14.7 Å². The summed E-state index contributed by atoms with van der Waals surface area (Å²) in [7, 11) is 3.22. The van der Waals surface area contributed by atoms with Gasteiger partial charge in [0.15, 0.2) is 0 Å². The second-order valence-corrected chi connectivity index (χ2v) is 8.67. The summed E-state index contributed by atoms with van der Waals surface area (Å²) >= 11 is 0. The number of rotatable bonds is 7. The molecule has 8 heteroatoms. The van der Waals surface area contributed by atoms with E-state index in [1.165, 1.54) is 0 Å². The topological polar surface area (TPSA) is 97.3 Å². The summed E-state index contributed by atoms with van der Waals surface area (Å²) in [6.45, 7) is 5.17. The van der Waals surface area contributed by atoms with Crippen LogP contribution in [0, 0.1) is 0 Å². The molecule has 1 amide bonds. The molecular weight excluding hydrogens is 424 g/mol. The summed E-state index contributed by atoms with van der Waals surface area (Å²) in [6, 6.07) is 10.2. The lowest BCUT2D eigenvalue weighted by atomic mass is 9.98. The normalized spacial score (nSPS) is 13.7. The fourth-order valence-electron chi connectivity index (χ4n) is 3.68. The highest BCUT2D eigenvalue weighted by molar-refractivity contribution is 5.81. The van der Waals surface area contributed by atoms with Gasteiger partial charge in [-0.05, 0) is 56.5 Å². The number of benzene rings is 2. The van der Waals surface area contributed by atoms with Crippen LogP contribution in [0.2, 0.25) is 0 Å². The van der Waals surface area contributed by atoms with E-state index >= 15 is 0 Å². The molecule has 8 nitrogen and oxygen atoms in total. The van der Waals surface area contributed by atoms with E-state index < -0.39 is 23.7 Å². The second kappa shape index (κ2) is 9.85. The number of methoxy groups -OCH3 is 2. The first kappa shape index (κ1) is 24.0. The average Bonchev–Trinajstić information content (AvgIpc) is 2.76. The summed E-state index contributed by atoms with van der Waals surface area (Å²) in [6.07, 6.45) is 4.04. The molecule has 1 heterocycles. The number of carboxylic acids is 1. The lowest BCUT2D eigenvalue weighted by Gasteiger charge is -2.29. The van der Waals surface area contributed by atoms with E-state index in [-0.39, 0.29) is 6.42 Å². The number of allylic oxidation sites excluding steroid dienone is 1. The lowest BCUT2D eigenvalue weighted by molar-refractivity contribution is -0.139. The molecule has 0 saturated carbocycles. The zero-order valence-corrected chi connectivity index (χ0v) is 19.5. The largest absolute Gasteiger partial charge is 0.494 e. The molecular formula is C25H30N2O6. The van der Waals surface area contributed by atoms with Gasteiger partial charge in [-0.15, -0.1) is 0 Å². The van der Waals surface area contributed by atoms with E-state index in [2.05, 4.69) is 5.32 Å². The van der Waals surface area contributed by atoms with Gasteiger partial charge in [0.25, 0.3) is 0 Å². The van der Waals surface area contributed by atoms with Crippen molar-refractivity contribution in [3.8, 4) is 11.5 Å². The van der Waals surface area contributed by atoms with Crippen LogP contribution in [0.1, 0.15) is 31.9 Å². The molecule has 0 fully saturated rings. The van der Waals surface area contributed by atoms with Crippen molar-refractivity contribution in [2.24, 2.45) is 0 Å². The third kappa shape index (κ3) is 5.77. The highest BCUT2D eigenvalue weighted by atomic mass is 16.6. The minimum absolute atomic E-state index is 0.129. The van der Waals surface area contributed by atoms with E-state index in [4.69, 9.17) is 14.2 Å². The van der Waals surface area contributed by atoms with Gasteiger partial charge in [0.1, 0.15) is 28.8 Å². The number of aliphatic carboxylic acids is 1. The summed E-state index contributed by atoms with van der Waals surface area (Å²) < 4.78 is 16.3. The molecule has 1 atom stereocenters. The number of alkyl carbamates (subject to hydrolysis) is 1. The third-order valence-electron chi connectivity index (χ3n) is 5.07. The minimum Gasteiger partial charge on any atom is -0.494 e. The number of carboxylic acid groups (broad SMARTS) is 1. The van der Waals surface area contributed by atoms with E-state index in [1.54, 1.807) is 35.0 Å². The van der Waals surface area contributed by atoms with Gasteiger partial charge < -0.3 is 29.5 Å². The molecule has 0 spiro atoms. The molecule has 1 aliphatic heterocycles. The Morgan fingerprint density at radius 2 is 1.79 bits per heavy atom. The molecule has 176 valence electrons. The van der Waals surface area contributed by atoms with Gasteiger partial charge in [-0.25, -0.2) is 9.59 Å². The molecule has 2 aromatic carbocycles. The molecule has 1 aliphatic rings. The summed E-state index contributed by atoms with van der Waals surface area (Å²) in [5.74, 6) is 0.214. The van der Waals surface area contributed by atoms with Crippen LogP contribution in [0.15, 0.2) is 48.7 Å². The van der Waals surface area contributed by atoms with Gasteiger partial charge in [-0.2, -0.15) is 0 Å². The SMILES string of the molecule is COc1cccc(OC)c1N1C=CCc2cc(CC(NC(=O)OC(C)(C)C)C(=O)O)ccc21. The molecule has 0 saturated heterocycles. The van der Waals surface area contributed by atoms with Crippen LogP contribution in [0.3, 0.4) is 0 Å². The maximum atomic E-state index is 12.1. The predicted octanol–water partition coefficient (Wildman–Crippen LogP) is 4.43. The van der Waals surface area contributed by atoms with Crippen molar-refractivity contribution < 1.29 is 28.9 Å². The van der Waals surface area contributed by atoms with Crippen molar-refractivity contribution >= 4 is 23.4 Å². The standard InChI is InChI=1S/C25H30N2O6/c1-25(2,3)33-24(30)26-18(23(28)29)15-16-11-12-19-17(14-16)8-7-13-27(19)22-20(31-4)9-6-10-21(22)32-5/h6-7,9-14,18H,8,15H2,1-5H3,(H,26,30)(H,28,29). The number of ether oxygens (including phenoxy) is 3. The van der Waals surface area contributed by atoms with Crippen molar-refractivity contribution in [3.05, 3.63) is 59.8 Å². The van der Waals surface area contributed by atoms with Gasteiger partial charge >= 0.3 is 12.1 Å². The van der Waals surface area contributed by atoms with E-state index in [1.807, 2.05) is 53.6 Å². The smallest absolute Gasteiger partial charge is 0.408 e. The Bertz CT molecular complexity index is 1040. The molecule has 1 unspecified atom stereocenters. The Labute approximate surface area is 193 Å². The first-order valence-electron chi connectivity index (χ1n) is 10.6. The molecule has 33 heavy (non-hydrogen) atoms. The van der Waals surface area contributed by atoms with Gasteiger partial charge in [0.2, 0.25) is 0 Å². The fraction of sp³-hybridized carbons (Fsp3) is 0.360. The van der Waals surface area contributed by atoms with Crippen molar-refractivity contribution in [1.82, 2.24) is 5.32 Å². The van der Waals surface area contributed by atoms with Crippen molar-refractivity contribution in [3.63, 3.8) is 0 Å². The number of nitrogens with zero attached hydrogens (tertiary/aromatic N) is 1. The number of hydrogen-bond acceptors (Lipinski definition) is 6. The quantitative estimate of drug-likeness (QED) is 0.639. The van der Waals surface area contributed by atoms with Gasteiger partial charge in [0, 0.05) is 18.3 Å². The predicted molar refractivity (Wildman–Crippen MR) is 125 cm³/mol. The first-order valence-corrected chi connectivity index (χ1v) is 10.6. The maximum absolute atomic E-state index is 12.1. The highest BCUT2D eigenvalue weighted by Crippen LogP contribution is 2.44. The average molecular weight is 455 g/mol. The number of carbonyl (C=O) groups is 2. The van der Waals surface area contributed by atoms with Crippen LogP contribution in [0.4, 0.5) is 16.2 Å². The Morgan fingerprint density at radius 3 is 2.36 bits per heavy atom. The number of carbonyl (C=O) groups excluding carboxylic acids is 1. The van der Waals surface area contributed by atoms with Crippen LogP contribution >= 0.6 is 0 Å². The zero-order chi connectivity index (χ0) is 24.2. The number of fused-ring (bicyclic) bond motifs is 1. The Kier molecular flexibility index (Phi) is 7.16. The van der Waals surface area contributed by atoms with Gasteiger partial charge in [0.05, 0.1) is 14.2 Å². The number of amides is 1. The Balaban J connectivity index is 1.87. The molecule has 0 aliphatic carbocycles. The van der Waals surface area contributed by atoms with Crippen molar-refractivity contribution in [2.45, 2.75) is 45.3 Å². The van der Waals surface area contributed by atoms with Crippen molar-refractivity contribution in [2.75, 3.05) is 19.1 Å². The number of para-hydroxylation sites is 1. The van der Waals surface area contributed by atoms with E-state index in [0.717, 1.165) is 22.5 Å². The molecule has 2 aromatic rings. The number of hydrogen-bond donors (Lipinski definition) is 2. The second-order valence-electron chi connectivity index (χ2n) is 8.67. The zero-order valence-electron chi connectivity index (χ0n) is 19.5. The number of anilines is 2. The van der Waals surface area contributed by atoms with Crippen LogP contribution in [0.25, 0.3) is 0 Å². The minimum atomic E-state index is -1.13.